The number of sulfonamides is 1. The summed E-state index contributed by atoms with van der Waals surface area (Å²) in [6.45, 7) is 3.54. The van der Waals surface area contributed by atoms with Gasteiger partial charge in [-0.2, -0.15) is 0 Å². The van der Waals surface area contributed by atoms with Crippen LogP contribution < -0.4 is 9.62 Å². The zero-order valence-corrected chi connectivity index (χ0v) is 14.1. The van der Waals surface area contributed by atoms with Crippen molar-refractivity contribution in [2.24, 2.45) is 0 Å². The van der Waals surface area contributed by atoms with Gasteiger partial charge in [-0.25, -0.2) is 8.42 Å². The van der Waals surface area contributed by atoms with Crippen LogP contribution in [-0.4, -0.2) is 32.3 Å². The molecule has 1 aromatic carbocycles. The third kappa shape index (κ3) is 4.56. The van der Waals surface area contributed by atoms with Gasteiger partial charge >= 0.3 is 0 Å². The van der Waals surface area contributed by atoms with Gasteiger partial charge in [0.05, 0.1) is 6.26 Å². The van der Waals surface area contributed by atoms with Gasteiger partial charge in [-0.15, -0.1) is 0 Å². The molecule has 1 aromatic heterocycles. The van der Waals surface area contributed by atoms with Gasteiger partial charge in [0, 0.05) is 24.7 Å². The van der Waals surface area contributed by atoms with Crippen LogP contribution in [-0.2, 0) is 14.8 Å². The van der Waals surface area contributed by atoms with Crippen LogP contribution in [0.3, 0.4) is 0 Å². The average Bonchev–Trinajstić information content (AvgIpc) is 2.86. The Morgan fingerprint density at radius 3 is 2.57 bits per heavy atom. The molecule has 0 saturated heterocycles. The fourth-order valence-electron chi connectivity index (χ4n) is 2.05. The predicted octanol–water partition coefficient (Wildman–Crippen LogP) is 2.09. The van der Waals surface area contributed by atoms with Gasteiger partial charge in [0.1, 0.15) is 5.76 Å². The second-order valence-electron chi connectivity index (χ2n) is 5.24. The maximum absolute atomic E-state index is 12.1. The summed E-state index contributed by atoms with van der Waals surface area (Å²) in [6, 6.07) is 8.90. The quantitative estimate of drug-likeness (QED) is 0.871. The number of anilines is 2. The molecule has 2 aromatic rings. The van der Waals surface area contributed by atoms with E-state index in [4.69, 9.17) is 4.52 Å². The standard InChI is InChI=1S/C15H19N3O4S/c1-11-6-4-5-7-13(11)16-15(19)8-9-18(23(3,20)21)14-10-12(2)22-17-14/h4-7,10H,8-9H2,1-3H3,(H,16,19). The summed E-state index contributed by atoms with van der Waals surface area (Å²) in [5, 5.41) is 6.47. The minimum absolute atomic E-state index is 0.00725. The van der Waals surface area contributed by atoms with Crippen molar-refractivity contribution in [1.82, 2.24) is 5.16 Å². The molecular formula is C15H19N3O4S. The molecule has 7 nitrogen and oxygen atoms in total. The van der Waals surface area contributed by atoms with E-state index in [2.05, 4.69) is 10.5 Å². The number of nitrogens with zero attached hydrogens (tertiary/aromatic N) is 2. The van der Waals surface area contributed by atoms with Crippen LogP contribution in [0, 0.1) is 13.8 Å². The molecule has 0 radical (unpaired) electrons. The highest BCUT2D eigenvalue weighted by Gasteiger charge is 2.21. The number of hydrogen-bond donors (Lipinski definition) is 1. The Morgan fingerprint density at radius 2 is 2.00 bits per heavy atom. The molecule has 124 valence electrons. The van der Waals surface area contributed by atoms with Crippen molar-refractivity contribution in [3.05, 3.63) is 41.7 Å². The molecule has 0 bridgehead atoms. The predicted molar refractivity (Wildman–Crippen MR) is 87.9 cm³/mol. The number of carbonyl (C=O) groups is 1. The lowest BCUT2D eigenvalue weighted by atomic mass is 10.2. The normalized spacial score (nSPS) is 11.3. The molecule has 0 aliphatic rings. The minimum atomic E-state index is -3.55. The molecule has 0 unspecified atom stereocenters. The second kappa shape index (κ2) is 6.82. The van der Waals surface area contributed by atoms with E-state index < -0.39 is 10.0 Å². The molecule has 0 aliphatic carbocycles. The first-order valence-electron chi connectivity index (χ1n) is 7.04. The van der Waals surface area contributed by atoms with Crippen molar-refractivity contribution in [3.8, 4) is 0 Å². The Balaban J connectivity index is 2.04. The van der Waals surface area contributed by atoms with Crippen LogP contribution in [0.4, 0.5) is 11.5 Å². The van der Waals surface area contributed by atoms with Gasteiger partial charge in [0.15, 0.2) is 5.82 Å². The zero-order chi connectivity index (χ0) is 17.0. The number of aromatic nitrogens is 1. The molecule has 0 fully saturated rings. The lowest BCUT2D eigenvalue weighted by Gasteiger charge is -2.18. The first kappa shape index (κ1) is 17.0. The van der Waals surface area contributed by atoms with Crippen molar-refractivity contribution < 1.29 is 17.7 Å². The van der Waals surface area contributed by atoms with E-state index in [0.29, 0.717) is 11.4 Å². The molecule has 1 amide bonds. The number of aryl methyl sites for hydroxylation is 2. The highest BCUT2D eigenvalue weighted by atomic mass is 32.2. The number of hydrogen-bond acceptors (Lipinski definition) is 5. The first-order chi connectivity index (χ1) is 10.8. The number of amides is 1. The zero-order valence-electron chi connectivity index (χ0n) is 13.2. The molecule has 2 rings (SSSR count). The summed E-state index contributed by atoms with van der Waals surface area (Å²) in [5.74, 6) is 0.403. The van der Waals surface area contributed by atoms with Gasteiger partial charge in [0.25, 0.3) is 0 Å². The Bertz CT molecular complexity index is 799. The Kier molecular flexibility index (Phi) is 5.05. The van der Waals surface area contributed by atoms with Gasteiger partial charge < -0.3 is 9.84 Å². The lowest BCUT2D eigenvalue weighted by Crippen LogP contribution is -2.33. The van der Waals surface area contributed by atoms with E-state index in [1.54, 1.807) is 13.0 Å². The largest absolute Gasteiger partial charge is 0.360 e. The van der Waals surface area contributed by atoms with Crippen molar-refractivity contribution in [2.75, 3.05) is 22.4 Å². The molecular weight excluding hydrogens is 318 g/mol. The van der Waals surface area contributed by atoms with E-state index in [1.807, 2.05) is 25.1 Å². The molecule has 0 saturated carbocycles. The number of rotatable bonds is 6. The highest BCUT2D eigenvalue weighted by molar-refractivity contribution is 7.92. The molecule has 0 atom stereocenters. The van der Waals surface area contributed by atoms with Crippen LogP contribution in [0.2, 0.25) is 0 Å². The maximum atomic E-state index is 12.1. The second-order valence-corrected chi connectivity index (χ2v) is 7.15. The Labute approximate surface area is 135 Å². The molecule has 0 aliphatic heterocycles. The summed E-state index contributed by atoms with van der Waals surface area (Å²) in [4.78, 5) is 12.1. The van der Waals surface area contributed by atoms with Crippen molar-refractivity contribution in [1.29, 1.82) is 0 Å². The van der Waals surface area contributed by atoms with Crippen LogP contribution >= 0.6 is 0 Å². The Morgan fingerprint density at radius 1 is 1.30 bits per heavy atom. The summed E-state index contributed by atoms with van der Waals surface area (Å²) in [6.07, 6.45) is 1.07. The summed E-state index contributed by atoms with van der Waals surface area (Å²) < 4.78 is 29.7. The fourth-order valence-corrected chi connectivity index (χ4v) is 2.90. The lowest BCUT2D eigenvalue weighted by molar-refractivity contribution is -0.116. The van der Waals surface area contributed by atoms with E-state index in [0.717, 1.165) is 16.1 Å². The number of carbonyl (C=O) groups excluding carboxylic acids is 1. The number of benzene rings is 1. The highest BCUT2D eigenvalue weighted by Crippen LogP contribution is 2.18. The van der Waals surface area contributed by atoms with Crippen LogP contribution in [0.15, 0.2) is 34.9 Å². The van der Waals surface area contributed by atoms with Crippen LogP contribution in [0.5, 0.6) is 0 Å². The third-order valence-corrected chi connectivity index (χ3v) is 4.40. The van der Waals surface area contributed by atoms with E-state index in [9.17, 15) is 13.2 Å². The topological polar surface area (TPSA) is 92.5 Å². The van der Waals surface area contributed by atoms with E-state index in [1.165, 1.54) is 6.07 Å². The maximum Gasteiger partial charge on any atom is 0.233 e. The molecule has 0 spiro atoms. The molecule has 23 heavy (non-hydrogen) atoms. The monoisotopic (exact) mass is 337 g/mol. The summed E-state index contributed by atoms with van der Waals surface area (Å²) in [5.41, 5.74) is 1.65. The van der Waals surface area contributed by atoms with E-state index in [-0.39, 0.29) is 24.7 Å². The summed E-state index contributed by atoms with van der Waals surface area (Å²) in [7, 11) is -3.55. The Hall–Kier alpha value is -2.35. The van der Waals surface area contributed by atoms with Crippen molar-refractivity contribution in [2.45, 2.75) is 20.3 Å². The van der Waals surface area contributed by atoms with E-state index >= 15 is 0 Å². The van der Waals surface area contributed by atoms with Crippen LogP contribution in [0.25, 0.3) is 0 Å². The fraction of sp³-hybridized carbons (Fsp3) is 0.333. The smallest absolute Gasteiger partial charge is 0.233 e. The van der Waals surface area contributed by atoms with Gasteiger partial charge in [-0.05, 0) is 25.5 Å². The van der Waals surface area contributed by atoms with Crippen LogP contribution in [0.1, 0.15) is 17.7 Å². The number of nitrogens with one attached hydrogen (secondary N) is 1. The van der Waals surface area contributed by atoms with Crippen molar-refractivity contribution in [3.63, 3.8) is 0 Å². The van der Waals surface area contributed by atoms with Crippen molar-refractivity contribution >= 4 is 27.4 Å². The third-order valence-electron chi connectivity index (χ3n) is 3.23. The molecule has 1 heterocycles. The SMILES string of the molecule is Cc1cc(N(CCC(=O)Nc2ccccc2C)S(C)(=O)=O)no1. The van der Waals surface area contributed by atoms with Gasteiger partial charge in [-0.1, -0.05) is 23.4 Å². The van der Waals surface area contributed by atoms with Gasteiger partial charge in [0.2, 0.25) is 15.9 Å². The molecule has 1 N–H and O–H groups in total. The first-order valence-corrected chi connectivity index (χ1v) is 8.88. The average molecular weight is 337 g/mol. The molecule has 8 heteroatoms. The minimum Gasteiger partial charge on any atom is -0.360 e. The summed E-state index contributed by atoms with van der Waals surface area (Å²) >= 11 is 0. The van der Waals surface area contributed by atoms with Gasteiger partial charge in [-0.3, -0.25) is 9.10 Å². The number of para-hydroxylation sites is 1.